The highest BCUT2D eigenvalue weighted by Crippen LogP contribution is 2.32. The molecule has 0 aliphatic heterocycles. The Morgan fingerprint density at radius 1 is 1.13 bits per heavy atom. The highest BCUT2D eigenvalue weighted by Gasteiger charge is 2.15. The normalized spacial score (nSPS) is 11.4. The Morgan fingerprint density at radius 3 is 2.65 bits per heavy atom. The standard InChI is InChI=1S/C23H23FN4O2S/c1-3-12-27(14-16-8-10-17(24)11-9-16)15-18-13-21(29)28-23(25-18)31-22(26-28)19-6-4-5-7-20(19)30-2/h4-11,13H,3,12,14-15H2,1-2H3. The summed E-state index contributed by atoms with van der Waals surface area (Å²) in [5, 5.41) is 5.13. The van der Waals surface area contributed by atoms with Crippen LogP contribution >= 0.6 is 11.3 Å². The lowest BCUT2D eigenvalue weighted by Gasteiger charge is -2.21. The number of methoxy groups -OCH3 is 1. The SMILES string of the molecule is CCCN(Cc1ccc(F)cc1)Cc1cc(=O)n2nc(-c3ccccc3OC)sc2n1. The van der Waals surface area contributed by atoms with E-state index in [0.29, 0.717) is 34.5 Å². The molecule has 0 radical (unpaired) electrons. The molecule has 2 aromatic carbocycles. The van der Waals surface area contributed by atoms with Crippen LogP contribution in [0.5, 0.6) is 5.75 Å². The van der Waals surface area contributed by atoms with Crippen LogP contribution in [0.1, 0.15) is 24.6 Å². The maximum atomic E-state index is 13.2. The molecule has 6 nitrogen and oxygen atoms in total. The van der Waals surface area contributed by atoms with Crippen LogP contribution in [0.15, 0.2) is 59.4 Å². The van der Waals surface area contributed by atoms with Gasteiger partial charge in [-0.15, -0.1) is 0 Å². The molecule has 0 aliphatic carbocycles. The molecule has 0 spiro atoms. The minimum atomic E-state index is -0.248. The van der Waals surface area contributed by atoms with Crippen LogP contribution < -0.4 is 10.3 Å². The summed E-state index contributed by atoms with van der Waals surface area (Å²) in [6, 6.07) is 15.6. The van der Waals surface area contributed by atoms with Gasteiger partial charge < -0.3 is 4.74 Å². The first-order valence-corrected chi connectivity index (χ1v) is 10.9. The molecule has 0 fully saturated rings. The number of hydrogen-bond donors (Lipinski definition) is 0. The first-order chi connectivity index (χ1) is 15.1. The maximum absolute atomic E-state index is 13.2. The molecule has 0 N–H and O–H groups in total. The van der Waals surface area contributed by atoms with Gasteiger partial charge in [0, 0.05) is 19.2 Å². The topological polar surface area (TPSA) is 59.7 Å². The summed E-state index contributed by atoms with van der Waals surface area (Å²) in [5.41, 5.74) is 2.32. The number of nitrogens with zero attached hydrogens (tertiary/aromatic N) is 4. The number of ether oxygens (including phenoxy) is 1. The van der Waals surface area contributed by atoms with Crippen molar-refractivity contribution < 1.29 is 9.13 Å². The number of benzene rings is 2. The van der Waals surface area contributed by atoms with Gasteiger partial charge in [-0.2, -0.15) is 9.61 Å². The van der Waals surface area contributed by atoms with Gasteiger partial charge in [-0.1, -0.05) is 42.5 Å². The Labute approximate surface area is 183 Å². The third-order valence-corrected chi connectivity index (χ3v) is 5.82. The Balaban J connectivity index is 1.62. The van der Waals surface area contributed by atoms with E-state index < -0.39 is 0 Å². The molecule has 0 atom stereocenters. The molecule has 0 aliphatic rings. The number of para-hydroxylation sites is 1. The fourth-order valence-corrected chi connectivity index (χ4v) is 4.43. The van der Waals surface area contributed by atoms with Crippen molar-refractivity contribution in [3.63, 3.8) is 0 Å². The summed E-state index contributed by atoms with van der Waals surface area (Å²) in [4.78, 5) is 20.1. The molecule has 2 aromatic heterocycles. The summed E-state index contributed by atoms with van der Waals surface area (Å²) in [7, 11) is 1.61. The molecule has 0 saturated heterocycles. The first kappa shape index (κ1) is 21.1. The predicted molar refractivity (Wildman–Crippen MR) is 120 cm³/mol. The summed E-state index contributed by atoms with van der Waals surface area (Å²) >= 11 is 1.35. The fourth-order valence-electron chi connectivity index (χ4n) is 3.47. The minimum absolute atomic E-state index is 0.212. The number of rotatable bonds is 8. The third kappa shape index (κ3) is 4.81. The Kier molecular flexibility index (Phi) is 6.39. The molecule has 4 aromatic rings. The van der Waals surface area contributed by atoms with Crippen LogP contribution in [-0.2, 0) is 13.1 Å². The average molecular weight is 439 g/mol. The van der Waals surface area contributed by atoms with Crippen molar-refractivity contribution in [2.24, 2.45) is 0 Å². The van der Waals surface area contributed by atoms with Crippen LogP contribution in [-0.4, -0.2) is 33.2 Å². The van der Waals surface area contributed by atoms with Crippen molar-refractivity contribution in [2.45, 2.75) is 26.4 Å². The summed E-state index contributed by atoms with van der Waals surface area (Å²) in [6.45, 7) is 4.13. The van der Waals surface area contributed by atoms with E-state index in [1.807, 2.05) is 24.3 Å². The van der Waals surface area contributed by atoms with Crippen molar-refractivity contribution in [1.29, 1.82) is 0 Å². The van der Waals surface area contributed by atoms with E-state index in [9.17, 15) is 9.18 Å². The molecular formula is C23H23FN4O2S. The van der Waals surface area contributed by atoms with Crippen molar-refractivity contribution in [3.8, 4) is 16.3 Å². The quantitative estimate of drug-likeness (QED) is 0.409. The smallest absolute Gasteiger partial charge is 0.275 e. The van der Waals surface area contributed by atoms with Crippen molar-refractivity contribution in [2.75, 3.05) is 13.7 Å². The number of aromatic nitrogens is 3. The molecule has 0 unspecified atom stereocenters. The van der Waals surface area contributed by atoms with Crippen LogP contribution in [0.4, 0.5) is 4.39 Å². The van der Waals surface area contributed by atoms with E-state index in [2.05, 4.69) is 16.9 Å². The fraction of sp³-hybridized carbons (Fsp3) is 0.261. The van der Waals surface area contributed by atoms with Gasteiger partial charge in [0.15, 0.2) is 5.01 Å². The van der Waals surface area contributed by atoms with Gasteiger partial charge in [0.05, 0.1) is 18.4 Å². The van der Waals surface area contributed by atoms with Gasteiger partial charge in [0.2, 0.25) is 4.96 Å². The van der Waals surface area contributed by atoms with Gasteiger partial charge in [-0.05, 0) is 42.8 Å². The van der Waals surface area contributed by atoms with Gasteiger partial charge >= 0.3 is 0 Å². The molecule has 0 saturated carbocycles. The first-order valence-electron chi connectivity index (χ1n) is 10.1. The molecule has 4 rings (SSSR count). The molecule has 160 valence electrons. The highest BCUT2D eigenvalue weighted by molar-refractivity contribution is 7.19. The van der Waals surface area contributed by atoms with Crippen molar-refractivity contribution in [3.05, 3.63) is 82.0 Å². The predicted octanol–water partition coefficient (Wildman–Crippen LogP) is 4.38. The number of hydrogen-bond acceptors (Lipinski definition) is 6. The zero-order valence-electron chi connectivity index (χ0n) is 17.4. The molecule has 0 bridgehead atoms. The van der Waals surface area contributed by atoms with Crippen molar-refractivity contribution in [1.82, 2.24) is 19.5 Å². The molecule has 0 amide bonds. The summed E-state index contributed by atoms with van der Waals surface area (Å²) in [6.07, 6.45) is 0.959. The van der Waals surface area contributed by atoms with E-state index in [0.717, 1.165) is 24.1 Å². The minimum Gasteiger partial charge on any atom is -0.496 e. The van der Waals surface area contributed by atoms with Crippen molar-refractivity contribution >= 4 is 16.3 Å². The van der Waals surface area contributed by atoms with Crippen LogP contribution in [0.2, 0.25) is 0 Å². The van der Waals surface area contributed by atoms with Gasteiger partial charge in [-0.25, -0.2) is 9.37 Å². The third-order valence-electron chi connectivity index (χ3n) is 4.88. The second-order valence-corrected chi connectivity index (χ2v) is 8.18. The van der Waals surface area contributed by atoms with E-state index in [4.69, 9.17) is 9.72 Å². The maximum Gasteiger partial charge on any atom is 0.275 e. The van der Waals surface area contributed by atoms with E-state index in [1.165, 1.54) is 34.1 Å². The molecule has 8 heteroatoms. The molecular weight excluding hydrogens is 415 g/mol. The zero-order chi connectivity index (χ0) is 21.8. The Morgan fingerprint density at radius 2 is 1.90 bits per heavy atom. The second kappa shape index (κ2) is 9.36. The van der Waals surface area contributed by atoms with Gasteiger partial charge in [-0.3, -0.25) is 9.69 Å². The lowest BCUT2D eigenvalue weighted by Crippen LogP contribution is -2.26. The van der Waals surface area contributed by atoms with Gasteiger partial charge in [0.25, 0.3) is 5.56 Å². The highest BCUT2D eigenvalue weighted by atomic mass is 32.1. The van der Waals surface area contributed by atoms with Crippen LogP contribution in [0.3, 0.4) is 0 Å². The summed E-state index contributed by atoms with van der Waals surface area (Å²) < 4.78 is 20.0. The van der Waals surface area contributed by atoms with Crippen LogP contribution in [0.25, 0.3) is 15.5 Å². The zero-order valence-corrected chi connectivity index (χ0v) is 18.2. The number of fused-ring (bicyclic) bond motifs is 1. The van der Waals surface area contributed by atoms with Gasteiger partial charge in [0.1, 0.15) is 11.6 Å². The Hall–Kier alpha value is -3.10. The molecule has 31 heavy (non-hydrogen) atoms. The monoisotopic (exact) mass is 438 g/mol. The summed E-state index contributed by atoms with van der Waals surface area (Å²) in [5.74, 6) is 0.449. The molecule has 2 heterocycles. The second-order valence-electron chi connectivity index (χ2n) is 7.22. The lowest BCUT2D eigenvalue weighted by molar-refractivity contribution is 0.254. The number of halogens is 1. The lowest BCUT2D eigenvalue weighted by atomic mass is 10.2. The Bertz CT molecular complexity index is 1240. The van der Waals surface area contributed by atoms with E-state index in [1.54, 1.807) is 19.2 Å². The van der Waals surface area contributed by atoms with E-state index in [-0.39, 0.29) is 11.4 Å². The van der Waals surface area contributed by atoms with E-state index >= 15 is 0 Å². The average Bonchev–Trinajstić information content (AvgIpc) is 3.20. The van der Waals surface area contributed by atoms with Crippen LogP contribution in [0, 0.1) is 5.82 Å². The largest absolute Gasteiger partial charge is 0.496 e.